The Morgan fingerprint density at radius 2 is 1.83 bits per heavy atom. The average Bonchev–Trinajstić information content (AvgIpc) is 3.03. The van der Waals surface area contributed by atoms with Crippen molar-refractivity contribution in [2.75, 3.05) is 20.2 Å². The number of fused-ring (bicyclic) bond motifs is 1. The molecule has 3 rings (SSSR count). The number of rotatable bonds is 7. The van der Waals surface area contributed by atoms with Gasteiger partial charge in [0.25, 0.3) is 0 Å². The van der Waals surface area contributed by atoms with Gasteiger partial charge in [-0.05, 0) is 30.2 Å². The van der Waals surface area contributed by atoms with E-state index in [1.54, 1.807) is 4.90 Å². The molecule has 4 nitrogen and oxygen atoms in total. The first-order valence-corrected chi connectivity index (χ1v) is 8.21. The molecule has 124 valence electrons. The molecule has 0 saturated heterocycles. The minimum atomic E-state index is 0.103. The topological polar surface area (TPSA) is 45.3 Å². The minimum absolute atomic E-state index is 0.103. The number of carbonyl (C=O) groups is 1. The van der Waals surface area contributed by atoms with E-state index in [2.05, 4.69) is 17.1 Å². The van der Waals surface area contributed by atoms with E-state index in [4.69, 9.17) is 4.74 Å². The summed E-state index contributed by atoms with van der Waals surface area (Å²) >= 11 is 0. The second-order valence-electron chi connectivity index (χ2n) is 5.84. The van der Waals surface area contributed by atoms with Gasteiger partial charge in [0.2, 0.25) is 5.91 Å². The maximum Gasteiger partial charge on any atom is 0.225 e. The number of para-hydroxylation sites is 2. The third-order valence-electron chi connectivity index (χ3n) is 4.15. The second kappa shape index (κ2) is 7.68. The van der Waals surface area contributed by atoms with Gasteiger partial charge in [-0.1, -0.05) is 36.4 Å². The molecule has 24 heavy (non-hydrogen) atoms. The van der Waals surface area contributed by atoms with E-state index >= 15 is 0 Å². The van der Waals surface area contributed by atoms with Crippen LogP contribution in [0.2, 0.25) is 0 Å². The van der Waals surface area contributed by atoms with Crippen LogP contribution in [0, 0.1) is 0 Å². The maximum absolute atomic E-state index is 12.2. The highest BCUT2D eigenvalue weighted by Crippen LogP contribution is 2.18. The van der Waals surface area contributed by atoms with Gasteiger partial charge in [-0.15, -0.1) is 0 Å². The van der Waals surface area contributed by atoms with E-state index in [0.29, 0.717) is 19.6 Å². The zero-order chi connectivity index (χ0) is 16.8. The van der Waals surface area contributed by atoms with Crippen LogP contribution in [0.25, 0.3) is 10.9 Å². The van der Waals surface area contributed by atoms with Crippen molar-refractivity contribution in [2.45, 2.75) is 12.8 Å². The Bertz CT molecular complexity index is 796. The predicted molar refractivity (Wildman–Crippen MR) is 96.2 cm³/mol. The lowest BCUT2D eigenvalue weighted by Gasteiger charge is -2.17. The Hall–Kier alpha value is -2.75. The third-order valence-corrected chi connectivity index (χ3v) is 4.15. The summed E-state index contributed by atoms with van der Waals surface area (Å²) in [6, 6.07) is 17.8. The fourth-order valence-corrected chi connectivity index (χ4v) is 2.72. The summed E-state index contributed by atoms with van der Waals surface area (Å²) in [6.45, 7) is 1.10. The first kappa shape index (κ1) is 16.1. The first-order chi connectivity index (χ1) is 11.7. The lowest BCUT2D eigenvalue weighted by Crippen LogP contribution is -2.29. The molecule has 1 heterocycles. The molecule has 1 N–H and O–H groups in total. The zero-order valence-electron chi connectivity index (χ0n) is 13.9. The highest BCUT2D eigenvalue weighted by molar-refractivity contribution is 5.83. The lowest BCUT2D eigenvalue weighted by molar-refractivity contribution is -0.130. The fraction of sp³-hybridized carbons (Fsp3) is 0.250. The number of amides is 1. The summed E-state index contributed by atoms with van der Waals surface area (Å²) in [6.07, 6.45) is 3.26. The summed E-state index contributed by atoms with van der Waals surface area (Å²) in [5.74, 6) is 0.900. The van der Waals surface area contributed by atoms with Crippen LogP contribution in [0.3, 0.4) is 0 Å². The van der Waals surface area contributed by atoms with Gasteiger partial charge in [-0.25, -0.2) is 0 Å². The Morgan fingerprint density at radius 1 is 1.08 bits per heavy atom. The number of hydrogen-bond donors (Lipinski definition) is 1. The van der Waals surface area contributed by atoms with Gasteiger partial charge in [0.1, 0.15) is 5.75 Å². The quantitative estimate of drug-likeness (QED) is 0.722. The molecule has 2 aromatic carbocycles. The molecule has 0 radical (unpaired) electrons. The van der Waals surface area contributed by atoms with Crippen molar-refractivity contribution in [3.05, 3.63) is 66.4 Å². The molecular weight excluding hydrogens is 300 g/mol. The number of carbonyl (C=O) groups excluding carboxylic acids is 1. The van der Waals surface area contributed by atoms with Gasteiger partial charge in [0.15, 0.2) is 0 Å². The number of hydrogen-bond acceptors (Lipinski definition) is 2. The standard InChI is InChI=1S/C20H22N2O2/c1-22(20(23)12-14-24-17-7-3-2-4-8-17)13-11-16-15-21-19-10-6-5-9-18(16)19/h2-10,15,21H,11-14H2,1H3. The van der Waals surface area contributed by atoms with Crippen molar-refractivity contribution >= 4 is 16.8 Å². The van der Waals surface area contributed by atoms with Crippen LogP contribution < -0.4 is 4.74 Å². The molecule has 1 aromatic heterocycles. The molecule has 4 heteroatoms. The van der Waals surface area contributed by atoms with Crippen molar-refractivity contribution in [1.29, 1.82) is 0 Å². The summed E-state index contributed by atoms with van der Waals surface area (Å²) in [5, 5.41) is 1.23. The molecule has 0 aliphatic carbocycles. The van der Waals surface area contributed by atoms with Crippen LogP contribution in [0.4, 0.5) is 0 Å². The molecule has 0 aliphatic rings. The number of H-pyrrole nitrogens is 1. The molecule has 1 amide bonds. The van der Waals surface area contributed by atoms with Gasteiger partial charge in [-0.3, -0.25) is 4.79 Å². The van der Waals surface area contributed by atoms with E-state index in [1.807, 2.05) is 55.7 Å². The van der Waals surface area contributed by atoms with Crippen molar-refractivity contribution in [1.82, 2.24) is 9.88 Å². The minimum Gasteiger partial charge on any atom is -0.493 e. The Kier molecular flexibility index (Phi) is 5.16. The lowest BCUT2D eigenvalue weighted by atomic mass is 10.1. The van der Waals surface area contributed by atoms with E-state index in [1.165, 1.54) is 10.9 Å². The van der Waals surface area contributed by atoms with Crippen LogP contribution in [0.1, 0.15) is 12.0 Å². The highest BCUT2D eigenvalue weighted by Gasteiger charge is 2.10. The van der Waals surface area contributed by atoms with Crippen LogP contribution in [0.15, 0.2) is 60.8 Å². The largest absolute Gasteiger partial charge is 0.493 e. The van der Waals surface area contributed by atoms with Crippen molar-refractivity contribution in [3.63, 3.8) is 0 Å². The van der Waals surface area contributed by atoms with E-state index in [0.717, 1.165) is 17.7 Å². The molecule has 0 spiro atoms. The summed E-state index contributed by atoms with van der Waals surface area (Å²) in [4.78, 5) is 17.2. The molecule has 0 unspecified atom stereocenters. The molecule has 0 aliphatic heterocycles. The van der Waals surface area contributed by atoms with Gasteiger partial charge in [0.05, 0.1) is 13.0 Å². The Labute approximate surface area is 142 Å². The number of aromatic nitrogens is 1. The monoisotopic (exact) mass is 322 g/mol. The zero-order valence-corrected chi connectivity index (χ0v) is 13.9. The SMILES string of the molecule is CN(CCc1c[nH]c2ccccc12)C(=O)CCOc1ccccc1. The molecule has 0 fully saturated rings. The van der Waals surface area contributed by atoms with Crippen LogP contribution in [-0.2, 0) is 11.2 Å². The summed E-state index contributed by atoms with van der Waals surface area (Å²) in [7, 11) is 1.85. The number of likely N-dealkylation sites (N-methyl/N-ethyl adjacent to an activating group) is 1. The average molecular weight is 322 g/mol. The highest BCUT2D eigenvalue weighted by atomic mass is 16.5. The molecular formula is C20H22N2O2. The number of benzene rings is 2. The van der Waals surface area contributed by atoms with Gasteiger partial charge in [-0.2, -0.15) is 0 Å². The number of nitrogens with zero attached hydrogens (tertiary/aromatic N) is 1. The fourth-order valence-electron chi connectivity index (χ4n) is 2.72. The number of aromatic amines is 1. The number of ether oxygens (including phenoxy) is 1. The molecule has 0 atom stereocenters. The van der Waals surface area contributed by atoms with E-state index in [9.17, 15) is 4.79 Å². The Morgan fingerprint density at radius 3 is 2.67 bits per heavy atom. The second-order valence-corrected chi connectivity index (χ2v) is 5.84. The smallest absolute Gasteiger partial charge is 0.225 e. The molecule has 0 bridgehead atoms. The first-order valence-electron chi connectivity index (χ1n) is 8.21. The maximum atomic E-state index is 12.2. The summed E-state index contributed by atoms with van der Waals surface area (Å²) < 4.78 is 5.58. The van der Waals surface area contributed by atoms with Crippen LogP contribution >= 0.6 is 0 Å². The van der Waals surface area contributed by atoms with Gasteiger partial charge in [0, 0.05) is 30.7 Å². The van der Waals surface area contributed by atoms with Crippen molar-refractivity contribution in [3.8, 4) is 5.75 Å². The van der Waals surface area contributed by atoms with E-state index in [-0.39, 0.29) is 5.91 Å². The molecule has 0 saturated carbocycles. The van der Waals surface area contributed by atoms with Gasteiger partial charge < -0.3 is 14.6 Å². The van der Waals surface area contributed by atoms with E-state index < -0.39 is 0 Å². The predicted octanol–water partition coefficient (Wildman–Crippen LogP) is 3.64. The van der Waals surface area contributed by atoms with Crippen molar-refractivity contribution < 1.29 is 9.53 Å². The third kappa shape index (κ3) is 3.96. The van der Waals surface area contributed by atoms with Crippen molar-refractivity contribution in [2.24, 2.45) is 0 Å². The Balaban J connectivity index is 1.46. The summed E-state index contributed by atoms with van der Waals surface area (Å²) in [5.41, 5.74) is 2.38. The van der Waals surface area contributed by atoms with Crippen LogP contribution in [-0.4, -0.2) is 36.0 Å². The molecule has 3 aromatic rings. The number of nitrogens with one attached hydrogen (secondary N) is 1. The van der Waals surface area contributed by atoms with Crippen LogP contribution in [0.5, 0.6) is 5.75 Å². The normalized spacial score (nSPS) is 10.7. The van der Waals surface area contributed by atoms with Gasteiger partial charge >= 0.3 is 0 Å².